The molecule has 0 atom stereocenters. The summed E-state index contributed by atoms with van der Waals surface area (Å²) in [6, 6.07) is 0. The minimum atomic E-state index is -0.408. The molecule has 0 bridgehead atoms. The van der Waals surface area contributed by atoms with E-state index >= 15 is 0 Å². The van der Waals surface area contributed by atoms with E-state index in [-0.39, 0.29) is 0 Å². The predicted octanol–water partition coefficient (Wildman–Crippen LogP) is 0.597. The topological polar surface area (TPSA) is 44.1 Å². The fraction of sp³-hybridized carbons (Fsp3) is 0.333. The summed E-state index contributed by atoms with van der Waals surface area (Å²) >= 11 is 5.48. The molecule has 11 heavy (non-hydrogen) atoms. The molecule has 0 unspecified atom stereocenters. The van der Waals surface area contributed by atoms with Crippen molar-refractivity contribution in [3.63, 3.8) is 0 Å². The van der Waals surface area contributed by atoms with Crippen molar-refractivity contribution >= 4 is 17.6 Å². The van der Waals surface area contributed by atoms with Gasteiger partial charge in [-0.15, -0.1) is 16.7 Å². The van der Waals surface area contributed by atoms with Gasteiger partial charge in [0.1, 0.15) is 0 Å². The van der Waals surface area contributed by atoms with Crippen molar-refractivity contribution in [1.29, 1.82) is 0 Å². The van der Waals surface area contributed by atoms with Gasteiger partial charge in [0.2, 0.25) is 0 Å². The molecule has 0 aromatic carbocycles. The summed E-state index contributed by atoms with van der Waals surface area (Å²) in [5.41, 5.74) is 0.813. The van der Waals surface area contributed by atoms with Crippen molar-refractivity contribution in [3.8, 4) is 0 Å². The van der Waals surface area contributed by atoms with E-state index in [2.05, 4.69) is 9.94 Å². The molecule has 0 aliphatic heterocycles. The molecule has 0 saturated carbocycles. The monoisotopic (exact) mass is 174 g/mol. The van der Waals surface area contributed by atoms with Crippen LogP contribution in [0.2, 0.25) is 0 Å². The molecule has 0 radical (unpaired) electrons. The quantitative estimate of drug-likeness (QED) is 0.617. The SMILES string of the molecule is CC(=O)On1cc(CCl)cn1. The number of carbonyl (C=O) groups excluding carboxylic acids is 1. The summed E-state index contributed by atoms with van der Waals surface area (Å²) in [7, 11) is 0. The van der Waals surface area contributed by atoms with E-state index in [4.69, 9.17) is 11.6 Å². The van der Waals surface area contributed by atoms with Crippen molar-refractivity contribution in [2.45, 2.75) is 12.8 Å². The summed E-state index contributed by atoms with van der Waals surface area (Å²) < 4.78 is 0. The van der Waals surface area contributed by atoms with Gasteiger partial charge in [-0.2, -0.15) is 0 Å². The van der Waals surface area contributed by atoms with Crippen LogP contribution in [0.15, 0.2) is 12.4 Å². The Morgan fingerprint density at radius 2 is 2.64 bits per heavy atom. The second-order valence-electron chi connectivity index (χ2n) is 1.97. The standard InChI is InChI=1S/C6H7ClN2O2/c1-5(10)11-9-4-6(2-7)3-8-9/h3-4H,2H2,1H3. The smallest absolute Gasteiger partial charge is 0.320 e. The summed E-state index contributed by atoms with van der Waals surface area (Å²) in [6.07, 6.45) is 3.09. The van der Waals surface area contributed by atoms with Crippen LogP contribution < -0.4 is 4.84 Å². The highest BCUT2D eigenvalue weighted by atomic mass is 35.5. The molecular weight excluding hydrogens is 168 g/mol. The molecule has 0 spiro atoms. The number of alkyl halides is 1. The Morgan fingerprint density at radius 3 is 3.09 bits per heavy atom. The average Bonchev–Trinajstić information content (AvgIpc) is 2.34. The normalized spacial score (nSPS) is 9.64. The molecule has 1 aromatic rings. The van der Waals surface area contributed by atoms with Gasteiger partial charge in [-0.3, -0.25) is 0 Å². The predicted molar refractivity (Wildman–Crippen MR) is 39.0 cm³/mol. The highest BCUT2D eigenvalue weighted by Crippen LogP contribution is 1.99. The number of hydrogen-bond donors (Lipinski definition) is 0. The first-order valence-corrected chi connectivity index (χ1v) is 3.54. The zero-order valence-electron chi connectivity index (χ0n) is 5.95. The van der Waals surface area contributed by atoms with Crippen molar-refractivity contribution in [1.82, 2.24) is 9.94 Å². The van der Waals surface area contributed by atoms with Gasteiger partial charge in [-0.05, 0) is 0 Å². The molecule has 1 heterocycles. The lowest BCUT2D eigenvalue weighted by Gasteiger charge is -1.95. The van der Waals surface area contributed by atoms with Crippen LogP contribution in [0.3, 0.4) is 0 Å². The molecule has 0 amide bonds. The highest BCUT2D eigenvalue weighted by molar-refractivity contribution is 6.17. The third kappa shape index (κ3) is 2.23. The average molecular weight is 175 g/mol. The van der Waals surface area contributed by atoms with Crippen molar-refractivity contribution in [3.05, 3.63) is 18.0 Å². The summed E-state index contributed by atoms with van der Waals surface area (Å²) in [5.74, 6) is -0.0458. The van der Waals surface area contributed by atoms with Gasteiger partial charge in [0, 0.05) is 12.5 Å². The van der Waals surface area contributed by atoms with Crippen LogP contribution in [-0.4, -0.2) is 15.9 Å². The molecule has 0 aliphatic carbocycles. The highest BCUT2D eigenvalue weighted by Gasteiger charge is 1.98. The molecule has 0 fully saturated rings. The molecule has 4 nitrogen and oxygen atoms in total. The van der Waals surface area contributed by atoms with Gasteiger partial charge in [0.25, 0.3) is 0 Å². The van der Waals surface area contributed by atoms with Gasteiger partial charge in [-0.1, -0.05) is 4.85 Å². The Bertz CT molecular complexity index is 259. The maximum atomic E-state index is 10.4. The number of aromatic nitrogens is 2. The van der Waals surface area contributed by atoms with Crippen LogP contribution in [-0.2, 0) is 10.7 Å². The van der Waals surface area contributed by atoms with Crippen LogP contribution >= 0.6 is 11.6 Å². The van der Waals surface area contributed by atoms with Gasteiger partial charge in [0.05, 0.1) is 18.3 Å². The van der Waals surface area contributed by atoms with E-state index in [9.17, 15) is 4.79 Å². The van der Waals surface area contributed by atoms with Crippen molar-refractivity contribution in [2.75, 3.05) is 0 Å². The second-order valence-corrected chi connectivity index (χ2v) is 2.23. The second kappa shape index (κ2) is 3.39. The first-order valence-electron chi connectivity index (χ1n) is 3.01. The van der Waals surface area contributed by atoms with E-state index in [1.165, 1.54) is 13.1 Å². The summed E-state index contributed by atoms with van der Waals surface area (Å²) in [6.45, 7) is 1.31. The Kier molecular flexibility index (Phi) is 2.48. The molecular formula is C6H7ClN2O2. The minimum Gasteiger partial charge on any atom is -0.320 e. The van der Waals surface area contributed by atoms with Crippen LogP contribution in [0.1, 0.15) is 12.5 Å². The van der Waals surface area contributed by atoms with Crippen LogP contribution in [0.4, 0.5) is 0 Å². The largest absolute Gasteiger partial charge is 0.331 e. The van der Waals surface area contributed by atoms with Crippen molar-refractivity contribution in [2.24, 2.45) is 0 Å². The van der Waals surface area contributed by atoms with Crippen LogP contribution in [0, 0.1) is 0 Å². The van der Waals surface area contributed by atoms with Gasteiger partial charge >= 0.3 is 5.97 Å². The van der Waals surface area contributed by atoms with E-state index in [0.29, 0.717) is 5.88 Å². The Morgan fingerprint density at radius 1 is 1.91 bits per heavy atom. The first kappa shape index (κ1) is 8.07. The van der Waals surface area contributed by atoms with Crippen LogP contribution in [0.5, 0.6) is 0 Å². The fourth-order valence-electron chi connectivity index (χ4n) is 0.590. The number of rotatable bonds is 2. The zero-order chi connectivity index (χ0) is 8.27. The number of halogens is 1. The maximum Gasteiger partial charge on any atom is 0.331 e. The lowest BCUT2D eigenvalue weighted by molar-refractivity contribution is -0.143. The molecule has 0 aliphatic rings. The van der Waals surface area contributed by atoms with Gasteiger partial charge in [0.15, 0.2) is 0 Å². The molecule has 1 aromatic heterocycles. The zero-order valence-corrected chi connectivity index (χ0v) is 6.71. The number of nitrogens with zero attached hydrogens (tertiary/aromatic N) is 2. The number of hydrogen-bond acceptors (Lipinski definition) is 3. The maximum absolute atomic E-state index is 10.4. The molecule has 0 saturated heterocycles. The lowest BCUT2D eigenvalue weighted by Crippen LogP contribution is -2.16. The molecule has 5 heteroatoms. The Labute approximate surface area is 68.7 Å². The summed E-state index contributed by atoms with van der Waals surface area (Å²) in [5, 5.41) is 3.72. The van der Waals surface area contributed by atoms with Gasteiger partial charge in [-0.25, -0.2) is 4.79 Å². The Hall–Kier alpha value is -1.03. The minimum absolute atomic E-state index is 0.362. The lowest BCUT2D eigenvalue weighted by atomic mass is 10.4. The Balaban J connectivity index is 2.65. The van der Waals surface area contributed by atoms with Gasteiger partial charge < -0.3 is 4.84 Å². The first-order chi connectivity index (χ1) is 5.22. The third-order valence-corrected chi connectivity index (χ3v) is 1.30. The number of carbonyl (C=O) groups is 1. The molecule has 60 valence electrons. The van der Waals surface area contributed by atoms with Crippen LogP contribution in [0.25, 0.3) is 0 Å². The molecule has 1 rings (SSSR count). The van der Waals surface area contributed by atoms with E-state index in [1.54, 1.807) is 6.20 Å². The molecule has 0 N–H and O–H groups in total. The summed E-state index contributed by atoms with van der Waals surface area (Å²) in [4.78, 5) is 16.1. The van der Waals surface area contributed by atoms with Crippen molar-refractivity contribution < 1.29 is 9.63 Å². The van der Waals surface area contributed by atoms with E-state index < -0.39 is 5.97 Å². The fourth-order valence-corrected chi connectivity index (χ4v) is 0.728. The van der Waals surface area contributed by atoms with E-state index in [1.807, 2.05) is 0 Å². The van der Waals surface area contributed by atoms with E-state index in [0.717, 1.165) is 10.4 Å². The third-order valence-electron chi connectivity index (χ3n) is 0.990.